The van der Waals surface area contributed by atoms with Gasteiger partial charge in [0.25, 0.3) is 5.91 Å². The first-order valence-corrected chi connectivity index (χ1v) is 8.04. The first-order chi connectivity index (χ1) is 9.56. The van der Waals surface area contributed by atoms with E-state index in [1.807, 2.05) is 23.9 Å². The van der Waals surface area contributed by atoms with Gasteiger partial charge in [0.05, 0.1) is 0 Å². The molecule has 1 amide bonds. The molecule has 0 aliphatic carbocycles. The van der Waals surface area contributed by atoms with Gasteiger partial charge in [-0.3, -0.25) is 4.79 Å². The van der Waals surface area contributed by atoms with Crippen molar-refractivity contribution in [3.8, 4) is 0 Å². The van der Waals surface area contributed by atoms with Crippen molar-refractivity contribution in [1.29, 1.82) is 0 Å². The van der Waals surface area contributed by atoms with E-state index < -0.39 is 0 Å². The second kappa shape index (κ2) is 5.06. The third kappa shape index (κ3) is 2.27. The fraction of sp³-hybridized carbons (Fsp3) is 0.385. The lowest BCUT2D eigenvalue weighted by Crippen LogP contribution is -2.35. The molecule has 0 atom stereocenters. The van der Waals surface area contributed by atoms with Crippen LogP contribution in [0.1, 0.15) is 20.1 Å². The Kier molecular flexibility index (Phi) is 3.39. The minimum Gasteiger partial charge on any atom is -0.382 e. The number of nitrogens with two attached hydrogens (primary N) is 1. The molecule has 0 spiro atoms. The molecule has 2 aromatic rings. The third-order valence-electron chi connectivity index (χ3n) is 3.31. The summed E-state index contributed by atoms with van der Waals surface area (Å²) in [4.78, 5) is 22.5. The fourth-order valence-corrected chi connectivity index (χ4v) is 4.00. The average Bonchev–Trinajstić information content (AvgIpc) is 3.03. The van der Waals surface area contributed by atoms with Crippen LogP contribution >= 0.6 is 22.7 Å². The number of thiazole rings is 1. The summed E-state index contributed by atoms with van der Waals surface area (Å²) in [5.41, 5.74) is 7.14. The monoisotopic (exact) mass is 308 g/mol. The highest BCUT2D eigenvalue weighted by atomic mass is 32.1. The van der Waals surface area contributed by atoms with Crippen LogP contribution < -0.4 is 10.6 Å². The predicted molar refractivity (Wildman–Crippen MR) is 83.6 cm³/mol. The van der Waals surface area contributed by atoms with Crippen molar-refractivity contribution >= 4 is 39.5 Å². The van der Waals surface area contributed by atoms with Crippen molar-refractivity contribution in [1.82, 2.24) is 9.88 Å². The van der Waals surface area contributed by atoms with Crippen LogP contribution in [0.25, 0.3) is 0 Å². The molecule has 106 valence electrons. The summed E-state index contributed by atoms with van der Waals surface area (Å²) in [6.45, 7) is 1.42. The van der Waals surface area contributed by atoms with Gasteiger partial charge in [-0.25, -0.2) is 4.98 Å². The number of hydrogen-bond donors (Lipinski definition) is 1. The molecule has 7 heteroatoms. The van der Waals surface area contributed by atoms with Gasteiger partial charge in [0, 0.05) is 32.1 Å². The van der Waals surface area contributed by atoms with Crippen LogP contribution in [0.5, 0.6) is 0 Å². The maximum absolute atomic E-state index is 12.6. The highest BCUT2D eigenvalue weighted by molar-refractivity contribution is 7.18. The van der Waals surface area contributed by atoms with Gasteiger partial charge in [-0.1, -0.05) is 11.3 Å². The summed E-state index contributed by atoms with van der Waals surface area (Å²) in [5, 5.41) is 2.85. The van der Waals surface area contributed by atoms with E-state index in [9.17, 15) is 4.79 Å². The number of nitrogens with zero attached hydrogens (tertiary/aromatic N) is 3. The number of hydrogen-bond acceptors (Lipinski definition) is 6. The molecule has 1 aliphatic rings. The number of thiophene rings is 1. The summed E-state index contributed by atoms with van der Waals surface area (Å²) in [6, 6.07) is 2.10. The second-order valence-electron chi connectivity index (χ2n) is 4.95. The van der Waals surface area contributed by atoms with Gasteiger partial charge in [-0.15, -0.1) is 11.3 Å². The van der Waals surface area contributed by atoms with Crippen LogP contribution in [-0.2, 0) is 13.0 Å². The Morgan fingerprint density at radius 3 is 3.00 bits per heavy atom. The smallest absolute Gasteiger partial charge is 0.268 e. The lowest BCUT2D eigenvalue weighted by Gasteiger charge is -2.26. The van der Waals surface area contributed by atoms with Gasteiger partial charge in [0.2, 0.25) is 0 Å². The molecule has 0 radical (unpaired) electrons. The SMILES string of the molecule is CN(C)c1nc(N)c(C(=O)N2CCc3sccc3C2)s1. The molecule has 5 nitrogen and oxygen atoms in total. The van der Waals surface area contributed by atoms with Crippen molar-refractivity contribution in [3.05, 3.63) is 26.8 Å². The molecule has 0 fully saturated rings. The Bertz CT molecular complexity index is 647. The number of nitrogen functional groups attached to an aromatic ring is 1. The summed E-state index contributed by atoms with van der Waals surface area (Å²) in [5.74, 6) is 0.324. The number of fused-ring (bicyclic) bond motifs is 1. The third-order valence-corrected chi connectivity index (χ3v) is 5.56. The van der Waals surface area contributed by atoms with Crippen LogP contribution in [0.3, 0.4) is 0 Å². The van der Waals surface area contributed by atoms with E-state index in [4.69, 9.17) is 5.73 Å². The van der Waals surface area contributed by atoms with Gasteiger partial charge in [0.1, 0.15) is 10.7 Å². The molecule has 2 N–H and O–H groups in total. The van der Waals surface area contributed by atoms with Crippen LogP contribution in [0.2, 0.25) is 0 Å². The molecular weight excluding hydrogens is 292 g/mol. The predicted octanol–water partition coefficient (Wildman–Crippen LogP) is 2.05. The molecule has 3 rings (SSSR count). The number of anilines is 2. The van der Waals surface area contributed by atoms with E-state index in [1.165, 1.54) is 21.8 Å². The molecule has 0 saturated carbocycles. The quantitative estimate of drug-likeness (QED) is 0.922. The highest BCUT2D eigenvalue weighted by Crippen LogP contribution is 2.30. The summed E-state index contributed by atoms with van der Waals surface area (Å²) in [7, 11) is 3.79. The van der Waals surface area contributed by atoms with Crippen molar-refractivity contribution < 1.29 is 4.79 Å². The van der Waals surface area contributed by atoms with Crippen LogP contribution in [-0.4, -0.2) is 36.4 Å². The zero-order chi connectivity index (χ0) is 14.3. The van der Waals surface area contributed by atoms with E-state index in [2.05, 4.69) is 16.4 Å². The minimum absolute atomic E-state index is 0.00931. The maximum atomic E-state index is 12.6. The molecule has 0 unspecified atom stereocenters. The van der Waals surface area contributed by atoms with E-state index in [0.717, 1.165) is 18.1 Å². The summed E-state index contributed by atoms with van der Waals surface area (Å²) >= 11 is 3.12. The number of rotatable bonds is 2. The Morgan fingerprint density at radius 2 is 2.30 bits per heavy atom. The number of aromatic nitrogens is 1. The summed E-state index contributed by atoms with van der Waals surface area (Å²) in [6.07, 6.45) is 0.929. The van der Waals surface area contributed by atoms with Crippen LogP contribution in [0, 0.1) is 0 Å². The standard InChI is InChI=1S/C13H16N4OS2/c1-16(2)13-15-11(14)10(20-13)12(18)17-5-3-9-8(7-17)4-6-19-9/h4,6H,3,5,7,14H2,1-2H3. The molecule has 3 heterocycles. The van der Waals surface area contributed by atoms with Crippen molar-refractivity contribution in [2.75, 3.05) is 31.3 Å². The first kappa shape index (κ1) is 13.4. The largest absolute Gasteiger partial charge is 0.382 e. The lowest BCUT2D eigenvalue weighted by molar-refractivity contribution is 0.0741. The number of carbonyl (C=O) groups excluding carboxylic acids is 1. The number of amides is 1. The highest BCUT2D eigenvalue weighted by Gasteiger charge is 2.26. The normalized spacial score (nSPS) is 14.2. The number of carbonyl (C=O) groups is 1. The van der Waals surface area contributed by atoms with Gasteiger partial charge >= 0.3 is 0 Å². The molecular formula is C13H16N4OS2. The lowest BCUT2D eigenvalue weighted by atomic mass is 10.1. The molecule has 0 aromatic carbocycles. The first-order valence-electron chi connectivity index (χ1n) is 6.34. The molecule has 2 aromatic heterocycles. The topological polar surface area (TPSA) is 62.5 Å². The van der Waals surface area contributed by atoms with Gasteiger partial charge in [-0.05, 0) is 23.4 Å². The molecule has 20 heavy (non-hydrogen) atoms. The second-order valence-corrected chi connectivity index (χ2v) is 6.93. The zero-order valence-corrected chi connectivity index (χ0v) is 13.1. The minimum atomic E-state index is -0.00931. The average molecular weight is 308 g/mol. The van der Waals surface area contributed by atoms with Gasteiger partial charge < -0.3 is 15.5 Å². The molecule has 0 saturated heterocycles. The Morgan fingerprint density at radius 1 is 1.50 bits per heavy atom. The van der Waals surface area contributed by atoms with Crippen LogP contribution in [0.15, 0.2) is 11.4 Å². The zero-order valence-electron chi connectivity index (χ0n) is 11.4. The van der Waals surface area contributed by atoms with Crippen molar-refractivity contribution in [3.63, 3.8) is 0 Å². The fourth-order valence-electron chi connectivity index (χ4n) is 2.23. The van der Waals surface area contributed by atoms with Gasteiger partial charge in [-0.2, -0.15) is 0 Å². The van der Waals surface area contributed by atoms with E-state index >= 15 is 0 Å². The van der Waals surface area contributed by atoms with Gasteiger partial charge in [0.15, 0.2) is 5.13 Å². The van der Waals surface area contributed by atoms with E-state index in [1.54, 1.807) is 11.3 Å². The molecule has 0 bridgehead atoms. The maximum Gasteiger partial charge on any atom is 0.268 e. The molecule has 1 aliphatic heterocycles. The van der Waals surface area contributed by atoms with Crippen LogP contribution in [0.4, 0.5) is 10.9 Å². The Labute approximate surface area is 125 Å². The Balaban J connectivity index is 1.83. The van der Waals surface area contributed by atoms with E-state index in [-0.39, 0.29) is 5.91 Å². The Hall–Kier alpha value is -1.60. The van der Waals surface area contributed by atoms with E-state index in [0.29, 0.717) is 17.2 Å². The van der Waals surface area contributed by atoms with Crippen molar-refractivity contribution in [2.24, 2.45) is 0 Å². The van der Waals surface area contributed by atoms with Crippen molar-refractivity contribution in [2.45, 2.75) is 13.0 Å². The summed E-state index contributed by atoms with van der Waals surface area (Å²) < 4.78 is 0.